The van der Waals surface area contributed by atoms with Crippen LogP contribution in [0.2, 0.25) is 0 Å². The van der Waals surface area contributed by atoms with Crippen molar-refractivity contribution in [3.63, 3.8) is 0 Å². The summed E-state index contributed by atoms with van der Waals surface area (Å²) in [5.74, 6) is 1.82. The lowest BCUT2D eigenvalue weighted by Crippen LogP contribution is -2.21. The third-order valence-electron chi connectivity index (χ3n) is 2.01. The van der Waals surface area contributed by atoms with E-state index in [2.05, 4.69) is 32.8 Å². The van der Waals surface area contributed by atoms with Crippen molar-refractivity contribution in [3.8, 4) is 0 Å². The molecule has 0 aromatic rings. The first-order valence-electron chi connectivity index (χ1n) is 5.34. The van der Waals surface area contributed by atoms with Gasteiger partial charge in [0.25, 0.3) is 0 Å². The molecule has 3 heteroatoms. The molecule has 0 radical (unpaired) electrons. The van der Waals surface area contributed by atoms with Gasteiger partial charge in [0, 0.05) is 22.9 Å². The van der Waals surface area contributed by atoms with Gasteiger partial charge in [-0.3, -0.25) is 0 Å². The fourth-order valence-electron chi connectivity index (χ4n) is 1.32. The van der Waals surface area contributed by atoms with E-state index in [1.165, 1.54) is 4.91 Å². The monoisotopic (exact) mass is 228 g/mol. The highest BCUT2D eigenvalue weighted by atomic mass is 32.2. The highest BCUT2D eigenvalue weighted by molar-refractivity contribution is 8.03. The van der Waals surface area contributed by atoms with Crippen molar-refractivity contribution in [3.05, 3.63) is 22.8 Å². The molecule has 0 fully saturated rings. The lowest BCUT2D eigenvalue weighted by Gasteiger charge is -2.16. The standard InChI is InChI=1S/C12H24N2S/c1-6-7-12(13)11(3)15-9-10(2)8-14(4)5/h6-7,10H,8-9,13H2,1-5H3/b7-6-,12-11-. The Balaban J connectivity index is 3.99. The molecule has 2 nitrogen and oxygen atoms in total. The molecular formula is C12H24N2S. The first-order chi connectivity index (χ1) is 6.97. The average Bonchev–Trinajstić information content (AvgIpc) is 2.13. The SMILES string of the molecule is C/C=C\C(N)=C(/C)SCC(C)CN(C)C. The van der Waals surface area contributed by atoms with Gasteiger partial charge < -0.3 is 10.6 Å². The molecule has 0 heterocycles. The van der Waals surface area contributed by atoms with Gasteiger partial charge in [-0.2, -0.15) is 0 Å². The fourth-order valence-corrected chi connectivity index (χ4v) is 2.20. The Morgan fingerprint density at radius 3 is 2.53 bits per heavy atom. The van der Waals surface area contributed by atoms with Gasteiger partial charge in [-0.05, 0) is 39.9 Å². The molecule has 0 saturated carbocycles. The van der Waals surface area contributed by atoms with E-state index in [0.29, 0.717) is 5.92 Å². The minimum absolute atomic E-state index is 0.693. The van der Waals surface area contributed by atoms with Crippen molar-refractivity contribution in [2.45, 2.75) is 20.8 Å². The van der Waals surface area contributed by atoms with E-state index in [0.717, 1.165) is 18.0 Å². The van der Waals surface area contributed by atoms with E-state index in [4.69, 9.17) is 5.73 Å². The van der Waals surface area contributed by atoms with Crippen LogP contribution in [0.15, 0.2) is 22.8 Å². The third kappa shape index (κ3) is 7.51. The van der Waals surface area contributed by atoms with Crippen molar-refractivity contribution in [1.29, 1.82) is 0 Å². The van der Waals surface area contributed by atoms with E-state index in [-0.39, 0.29) is 0 Å². The molecule has 0 amide bonds. The van der Waals surface area contributed by atoms with Gasteiger partial charge in [-0.15, -0.1) is 11.8 Å². The predicted molar refractivity (Wildman–Crippen MR) is 71.9 cm³/mol. The first kappa shape index (κ1) is 14.6. The van der Waals surface area contributed by atoms with Crippen molar-refractivity contribution in [2.75, 3.05) is 26.4 Å². The molecule has 0 aromatic heterocycles. The number of rotatable bonds is 6. The molecule has 0 bridgehead atoms. The van der Waals surface area contributed by atoms with Gasteiger partial charge >= 0.3 is 0 Å². The molecule has 0 aliphatic carbocycles. The highest BCUT2D eigenvalue weighted by Gasteiger charge is 2.05. The van der Waals surface area contributed by atoms with Crippen LogP contribution in [0.25, 0.3) is 0 Å². The largest absolute Gasteiger partial charge is 0.398 e. The molecule has 1 atom stereocenters. The minimum atomic E-state index is 0.693. The highest BCUT2D eigenvalue weighted by Crippen LogP contribution is 2.20. The molecule has 0 saturated heterocycles. The molecular weight excluding hydrogens is 204 g/mol. The van der Waals surface area contributed by atoms with Crippen LogP contribution in [0.3, 0.4) is 0 Å². The average molecular weight is 228 g/mol. The number of thioether (sulfide) groups is 1. The second kappa shape index (κ2) is 7.83. The summed E-state index contributed by atoms with van der Waals surface area (Å²) in [7, 11) is 4.22. The molecule has 1 unspecified atom stereocenters. The summed E-state index contributed by atoms with van der Waals surface area (Å²) in [6, 6.07) is 0. The molecule has 0 spiro atoms. The summed E-state index contributed by atoms with van der Waals surface area (Å²) in [6.07, 6.45) is 3.93. The summed E-state index contributed by atoms with van der Waals surface area (Å²) in [4.78, 5) is 3.44. The maximum absolute atomic E-state index is 5.88. The van der Waals surface area contributed by atoms with E-state index < -0.39 is 0 Å². The van der Waals surface area contributed by atoms with Gasteiger partial charge in [-0.25, -0.2) is 0 Å². The van der Waals surface area contributed by atoms with Crippen molar-refractivity contribution in [2.24, 2.45) is 11.7 Å². The van der Waals surface area contributed by atoms with Crippen LogP contribution in [-0.4, -0.2) is 31.3 Å². The Morgan fingerprint density at radius 1 is 1.47 bits per heavy atom. The second-order valence-electron chi connectivity index (χ2n) is 4.19. The van der Waals surface area contributed by atoms with E-state index >= 15 is 0 Å². The van der Waals surface area contributed by atoms with Crippen LogP contribution in [0.5, 0.6) is 0 Å². The first-order valence-corrected chi connectivity index (χ1v) is 6.32. The van der Waals surface area contributed by atoms with Crippen LogP contribution >= 0.6 is 11.8 Å². The van der Waals surface area contributed by atoms with Crippen molar-refractivity contribution < 1.29 is 0 Å². The Hall–Kier alpha value is -0.410. The maximum Gasteiger partial charge on any atom is 0.0404 e. The third-order valence-corrected chi connectivity index (χ3v) is 3.42. The Bertz CT molecular complexity index is 232. The summed E-state index contributed by atoms with van der Waals surface area (Å²) >= 11 is 1.85. The van der Waals surface area contributed by atoms with Gasteiger partial charge in [0.1, 0.15) is 0 Å². The summed E-state index contributed by atoms with van der Waals surface area (Å²) in [5, 5.41) is 0. The van der Waals surface area contributed by atoms with Gasteiger partial charge in [0.15, 0.2) is 0 Å². The van der Waals surface area contributed by atoms with Crippen LogP contribution in [0.1, 0.15) is 20.8 Å². The predicted octanol–water partition coefficient (Wildman–Crippen LogP) is 2.68. The summed E-state index contributed by atoms with van der Waals surface area (Å²) in [6.45, 7) is 7.47. The lowest BCUT2D eigenvalue weighted by atomic mass is 10.2. The number of hydrogen-bond donors (Lipinski definition) is 1. The molecule has 0 rings (SSSR count). The van der Waals surface area contributed by atoms with Crippen LogP contribution in [-0.2, 0) is 0 Å². The molecule has 88 valence electrons. The van der Waals surface area contributed by atoms with Crippen molar-refractivity contribution in [1.82, 2.24) is 4.90 Å². The lowest BCUT2D eigenvalue weighted by molar-refractivity contribution is 0.357. The maximum atomic E-state index is 5.88. The normalized spacial score (nSPS) is 15.9. The number of allylic oxidation sites excluding steroid dienone is 3. The molecule has 15 heavy (non-hydrogen) atoms. The van der Waals surface area contributed by atoms with Gasteiger partial charge in [0.2, 0.25) is 0 Å². The summed E-state index contributed by atoms with van der Waals surface area (Å²) in [5.41, 5.74) is 6.77. The van der Waals surface area contributed by atoms with E-state index in [9.17, 15) is 0 Å². The van der Waals surface area contributed by atoms with Crippen LogP contribution < -0.4 is 5.73 Å². The number of nitrogens with two attached hydrogens (primary N) is 1. The molecule has 0 aliphatic heterocycles. The topological polar surface area (TPSA) is 29.3 Å². The van der Waals surface area contributed by atoms with Crippen molar-refractivity contribution >= 4 is 11.8 Å². The zero-order valence-corrected chi connectivity index (χ0v) is 11.4. The minimum Gasteiger partial charge on any atom is -0.398 e. The van der Waals surface area contributed by atoms with Gasteiger partial charge in [0.05, 0.1) is 0 Å². The van der Waals surface area contributed by atoms with Gasteiger partial charge in [-0.1, -0.05) is 13.0 Å². The Labute approximate surface area is 98.6 Å². The smallest absolute Gasteiger partial charge is 0.0404 e. The number of nitrogens with zero attached hydrogens (tertiary/aromatic N) is 1. The Kier molecular flexibility index (Phi) is 7.61. The van der Waals surface area contributed by atoms with Crippen LogP contribution in [0, 0.1) is 5.92 Å². The molecule has 2 N–H and O–H groups in total. The Morgan fingerprint density at radius 2 is 2.07 bits per heavy atom. The molecule has 0 aliphatic rings. The fraction of sp³-hybridized carbons (Fsp3) is 0.667. The van der Waals surface area contributed by atoms with Crippen LogP contribution in [0.4, 0.5) is 0 Å². The van der Waals surface area contributed by atoms with E-state index in [1.54, 1.807) is 0 Å². The zero-order valence-electron chi connectivity index (χ0n) is 10.6. The quantitative estimate of drug-likeness (QED) is 0.709. The van der Waals surface area contributed by atoms with E-state index in [1.807, 2.05) is 30.8 Å². The molecule has 0 aromatic carbocycles. The second-order valence-corrected chi connectivity index (χ2v) is 5.42. The zero-order chi connectivity index (χ0) is 11.8. The summed E-state index contributed by atoms with van der Waals surface area (Å²) < 4.78 is 0. The number of hydrogen-bond acceptors (Lipinski definition) is 3.